The normalized spacial score (nSPS) is 11.6. The zero-order valence-corrected chi connectivity index (χ0v) is 11.1. The van der Waals surface area contributed by atoms with Gasteiger partial charge in [-0.2, -0.15) is 18.3 Å². The zero-order chi connectivity index (χ0) is 15.7. The lowest BCUT2D eigenvalue weighted by Crippen LogP contribution is -2.18. The third-order valence-electron chi connectivity index (χ3n) is 3.18. The molecule has 1 aromatic heterocycles. The number of benzene rings is 2. The number of carbonyl (C=O) groups is 1. The maximum atomic E-state index is 12.9. The molecule has 0 aliphatic heterocycles. The predicted molar refractivity (Wildman–Crippen MR) is 75.5 cm³/mol. The maximum Gasteiger partial charge on any atom is 0.417 e. The first-order valence-electron chi connectivity index (χ1n) is 6.36. The molecule has 112 valence electrons. The van der Waals surface area contributed by atoms with Crippen LogP contribution in [0.5, 0.6) is 0 Å². The minimum absolute atomic E-state index is 0.388. The number of fused-ring (bicyclic) bond motifs is 1. The van der Waals surface area contributed by atoms with Crippen molar-refractivity contribution in [1.82, 2.24) is 10.2 Å². The third kappa shape index (κ3) is 2.65. The summed E-state index contributed by atoms with van der Waals surface area (Å²) in [5, 5.41) is 9.87. The Balaban J connectivity index is 1.91. The number of nitrogens with zero attached hydrogens (tertiary/aromatic N) is 1. The Kier molecular flexibility index (Phi) is 3.32. The molecule has 22 heavy (non-hydrogen) atoms. The molecule has 1 heterocycles. The summed E-state index contributed by atoms with van der Waals surface area (Å²) < 4.78 is 38.8. The number of carbonyl (C=O) groups excluding carboxylic acids is 1. The Hall–Kier alpha value is -2.83. The molecule has 0 radical (unpaired) electrons. The molecule has 4 nitrogen and oxygen atoms in total. The van der Waals surface area contributed by atoms with Crippen molar-refractivity contribution in [3.63, 3.8) is 0 Å². The zero-order valence-electron chi connectivity index (χ0n) is 11.1. The van der Waals surface area contributed by atoms with Gasteiger partial charge in [0.1, 0.15) is 0 Å². The van der Waals surface area contributed by atoms with Gasteiger partial charge in [-0.15, -0.1) is 0 Å². The van der Waals surface area contributed by atoms with Crippen LogP contribution in [0.2, 0.25) is 0 Å². The second-order valence-electron chi connectivity index (χ2n) is 4.67. The van der Waals surface area contributed by atoms with Crippen molar-refractivity contribution in [2.45, 2.75) is 6.18 Å². The van der Waals surface area contributed by atoms with Crippen molar-refractivity contribution in [3.05, 3.63) is 59.8 Å². The minimum atomic E-state index is -4.58. The molecule has 2 aromatic carbocycles. The summed E-state index contributed by atoms with van der Waals surface area (Å²) in [4.78, 5) is 12.1. The first-order chi connectivity index (χ1) is 10.4. The number of hydrogen-bond acceptors (Lipinski definition) is 2. The van der Waals surface area contributed by atoms with Crippen LogP contribution in [-0.2, 0) is 6.18 Å². The lowest BCUT2D eigenvalue weighted by atomic mass is 10.1. The van der Waals surface area contributed by atoms with Gasteiger partial charge >= 0.3 is 6.18 Å². The molecular weight excluding hydrogens is 295 g/mol. The van der Waals surface area contributed by atoms with Crippen LogP contribution in [0, 0.1) is 0 Å². The average molecular weight is 305 g/mol. The fraction of sp³-hybridized carbons (Fsp3) is 0.0667. The summed E-state index contributed by atoms with van der Waals surface area (Å²) in [6, 6.07) is 9.59. The molecular formula is C15H10F3N3O. The van der Waals surface area contributed by atoms with Crippen molar-refractivity contribution in [2.24, 2.45) is 0 Å². The maximum absolute atomic E-state index is 12.9. The number of hydrogen-bond donors (Lipinski definition) is 2. The number of aromatic amines is 1. The number of alkyl halides is 3. The van der Waals surface area contributed by atoms with Crippen LogP contribution in [0.25, 0.3) is 10.9 Å². The van der Waals surface area contributed by atoms with Gasteiger partial charge in [0.05, 0.1) is 22.8 Å². The van der Waals surface area contributed by atoms with E-state index in [-0.39, 0.29) is 0 Å². The van der Waals surface area contributed by atoms with E-state index in [0.717, 1.165) is 17.5 Å². The van der Waals surface area contributed by atoms with Crippen LogP contribution < -0.4 is 5.32 Å². The SMILES string of the molecule is O=C(Nc1ccc2cn[nH]c2c1)c1ccccc1C(F)(F)F. The van der Waals surface area contributed by atoms with Crippen molar-refractivity contribution >= 4 is 22.5 Å². The van der Waals surface area contributed by atoms with Gasteiger partial charge in [0.2, 0.25) is 0 Å². The summed E-state index contributed by atoms with van der Waals surface area (Å²) in [5.74, 6) is -0.813. The Labute approximate surface area is 123 Å². The molecule has 3 rings (SSSR count). The van der Waals surface area contributed by atoms with Crippen LogP contribution in [0.3, 0.4) is 0 Å². The van der Waals surface area contributed by atoms with Crippen LogP contribution in [-0.4, -0.2) is 16.1 Å². The van der Waals surface area contributed by atoms with Gasteiger partial charge in [0.15, 0.2) is 0 Å². The first kappa shape index (κ1) is 14.1. The van der Waals surface area contributed by atoms with E-state index in [1.54, 1.807) is 24.4 Å². The molecule has 7 heteroatoms. The second-order valence-corrected chi connectivity index (χ2v) is 4.67. The highest BCUT2D eigenvalue weighted by Gasteiger charge is 2.34. The number of rotatable bonds is 2. The van der Waals surface area contributed by atoms with Crippen LogP contribution in [0.1, 0.15) is 15.9 Å². The number of anilines is 1. The van der Waals surface area contributed by atoms with Gasteiger partial charge in [0, 0.05) is 11.1 Å². The van der Waals surface area contributed by atoms with E-state index in [1.165, 1.54) is 12.1 Å². The largest absolute Gasteiger partial charge is 0.417 e. The Morgan fingerprint density at radius 3 is 2.68 bits per heavy atom. The highest BCUT2D eigenvalue weighted by molar-refractivity contribution is 6.06. The molecule has 0 spiro atoms. The smallest absolute Gasteiger partial charge is 0.322 e. The van der Waals surface area contributed by atoms with E-state index in [2.05, 4.69) is 15.5 Å². The van der Waals surface area contributed by atoms with E-state index in [0.29, 0.717) is 11.2 Å². The summed E-state index contributed by atoms with van der Waals surface area (Å²) >= 11 is 0. The van der Waals surface area contributed by atoms with Gasteiger partial charge < -0.3 is 5.32 Å². The summed E-state index contributed by atoms with van der Waals surface area (Å²) in [6.07, 6.45) is -2.97. The van der Waals surface area contributed by atoms with E-state index in [1.807, 2.05) is 0 Å². The monoisotopic (exact) mass is 305 g/mol. The summed E-state index contributed by atoms with van der Waals surface area (Å²) in [5.41, 5.74) is -0.310. The molecule has 2 N–H and O–H groups in total. The summed E-state index contributed by atoms with van der Waals surface area (Å²) in [6.45, 7) is 0. The molecule has 0 atom stereocenters. The molecule has 1 amide bonds. The predicted octanol–water partition coefficient (Wildman–Crippen LogP) is 3.83. The number of amides is 1. The molecule has 0 fully saturated rings. The lowest BCUT2D eigenvalue weighted by molar-refractivity contribution is -0.137. The van der Waals surface area contributed by atoms with E-state index < -0.39 is 23.2 Å². The van der Waals surface area contributed by atoms with Crippen LogP contribution in [0.15, 0.2) is 48.7 Å². The first-order valence-corrected chi connectivity index (χ1v) is 6.36. The van der Waals surface area contributed by atoms with E-state index in [9.17, 15) is 18.0 Å². The minimum Gasteiger partial charge on any atom is -0.322 e. The van der Waals surface area contributed by atoms with Gasteiger partial charge in [-0.25, -0.2) is 0 Å². The van der Waals surface area contributed by atoms with Crippen molar-refractivity contribution in [1.29, 1.82) is 0 Å². The Morgan fingerprint density at radius 1 is 1.14 bits per heavy atom. The number of nitrogens with one attached hydrogen (secondary N) is 2. The van der Waals surface area contributed by atoms with Crippen molar-refractivity contribution < 1.29 is 18.0 Å². The van der Waals surface area contributed by atoms with E-state index >= 15 is 0 Å². The second kappa shape index (κ2) is 5.18. The Bertz CT molecular complexity index is 839. The highest BCUT2D eigenvalue weighted by Crippen LogP contribution is 2.32. The third-order valence-corrected chi connectivity index (χ3v) is 3.18. The number of aromatic nitrogens is 2. The molecule has 0 aliphatic carbocycles. The molecule has 0 saturated carbocycles. The lowest BCUT2D eigenvalue weighted by Gasteiger charge is -2.12. The fourth-order valence-electron chi connectivity index (χ4n) is 2.14. The highest BCUT2D eigenvalue weighted by atomic mass is 19.4. The number of H-pyrrole nitrogens is 1. The average Bonchev–Trinajstić information content (AvgIpc) is 2.94. The van der Waals surface area contributed by atoms with Crippen molar-refractivity contribution in [2.75, 3.05) is 5.32 Å². The Morgan fingerprint density at radius 2 is 1.91 bits per heavy atom. The summed E-state index contributed by atoms with van der Waals surface area (Å²) in [7, 11) is 0. The fourth-order valence-corrected chi connectivity index (χ4v) is 2.14. The van der Waals surface area contributed by atoms with Crippen molar-refractivity contribution in [3.8, 4) is 0 Å². The van der Waals surface area contributed by atoms with E-state index in [4.69, 9.17) is 0 Å². The van der Waals surface area contributed by atoms with Gasteiger partial charge in [-0.3, -0.25) is 9.89 Å². The van der Waals surface area contributed by atoms with Crippen LogP contribution >= 0.6 is 0 Å². The standard InChI is InChI=1S/C15H10F3N3O/c16-15(17,18)12-4-2-1-3-11(12)14(22)20-10-6-5-9-8-19-21-13(9)7-10/h1-8H,(H,19,21)(H,20,22). The van der Waals surface area contributed by atoms with Gasteiger partial charge in [0.25, 0.3) is 5.91 Å². The quantitative estimate of drug-likeness (QED) is 0.756. The van der Waals surface area contributed by atoms with Gasteiger partial charge in [-0.1, -0.05) is 12.1 Å². The van der Waals surface area contributed by atoms with Gasteiger partial charge in [-0.05, 0) is 30.3 Å². The molecule has 3 aromatic rings. The topological polar surface area (TPSA) is 57.8 Å². The molecule has 0 bridgehead atoms. The van der Waals surface area contributed by atoms with Crippen LogP contribution in [0.4, 0.5) is 18.9 Å². The molecule has 0 unspecified atom stereocenters. The molecule has 0 saturated heterocycles. The molecule has 0 aliphatic rings. The number of halogens is 3.